The molecule has 1 heterocycles. The van der Waals surface area contributed by atoms with Crippen molar-refractivity contribution < 1.29 is 8.42 Å². The SMILES string of the molecule is CN1CCC(NS(=O)(=O)c2ccc(Br)cc2N)CC1. The molecule has 0 amide bonds. The van der Waals surface area contributed by atoms with Crippen molar-refractivity contribution in [2.75, 3.05) is 25.9 Å². The second-order valence-electron chi connectivity index (χ2n) is 4.88. The first-order valence-corrected chi connectivity index (χ1v) is 8.42. The van der Waals surface area contributed by atoms with Crippen molar-refractivity contribution in [2.24, 2.45) is 0 Å². The minimum atomic E-state index is -3.54. The van der Waals surface area contributed by atoms with Crippen LogP contribution in [0.15, 0.2) is 27.6 Å². The number of sulfonamides is 1. The van der Waals surface area contributed by atoms with Crippen molar-refractivity contribution in [3.63, 3.8) is 0 Å². The van der Waals surface area contributed by atoms with Crippen molar-refractivity contribution in [1.82, 2.24) is 9.62 Å². The zero-order valence-electron chi connectivity index (χ0n) is 10.8. The molecule has 1 aliphatic heterocycles. The lowest BCUT2D eigenvalue weighted by molar-refractivity contribution is 0.248. The van der Waals surface area contributed by atoms with E-state index in [1.165, 1.54) is 6.07 Å². The Hall–Kier alpha value is -0.630. The average Bonchev–Trinajstić information content (AvgIpc) is 2.31. The fourth-order valence-corrected chi connectivity index (χ4v) is 3.97. The summed E-state index contributed by atoms with van der Waals surface area (Å²) in [7, 11) is -1.50. The molecule has 0 radical (unpaired) electrons. The third kappa shape index (κ3) is 3.68. The molecular weight excluding hydrogens is 330 g/mol. The predicted molar refractivity (Wildman–Crippen MR) is 79.4 cm³/mol. The van der Waals surface area contributed by atoms with Gasteiger partial charge in [0.15, 0.2) is 0 Å². The first-order valence-electron chi connectivity index (χ1n) is 6.14. The summed E-state index contributed by atoms with van der Waals surface area (Å²) in [6, 6.07) is 4.80. The van der Waals surface area contributed by atoms with Gasteiger partial charge in [0.05, 0.1) is 5.69 Å². The molecule has 19 heavy (non-hydrogen) atoms. The van der Waals surface area contributed by atoms with Crippen molar-refractivity contribution in [2.45, 2.75) is 23.8 Å². The van der Waals surface area contributed by atoms with Gasteiger partial charge in [-0.15, -0.1) is 0 Å². The predicted octanol–water partition coefficient (Wildman–Crippen LogP) is 1.40. The second kappa shape index (κ2) is 5.78. The minimum Gasteiger partial charge on any atom is -0.398 e. The standard InChI is InChI=1S/C12H18BrN3O2S/c1-16-6-4-10(5-7-16)15-19(17,18)12-3-2-9(13)8-11(12)14/h2-3,8,10,15H,4-7,14H2,1H3. The van der Waals surface area contributed by atoms with Crippen LogP contribution in [0.5, 0.6) is 0 Å². The van der Waals surface area contributed by atoms with Gasteiger partial charge in [-0.25, -0.2) is 13.1 Å². The number of piperidine rings is 1. The van der Waals surface area contributed by atoms with Crippen LogP contribution in [0.3, 0.4) is 0 Å². The summed E-state index contributed by atoms with van der Waals surface area (Å²) in [6.07, 6.45) is 1.65. The van der Waals surface area contributed by atoms with Gasteiger partial charge in [0, 0.05) is 10.5 Å². The monoisotopic (exact) mass is 347 g/mol. The number of hydrogen-bond acceptors (Lipinski definition) is 4. The van der Waals surface area contributed by atoms with Gasteiger partial charge in [-0.05, 0) is 51.2 Å². The van der Waals surface area contributed by atoms with Crippen LogP contribution in [0.2, 0.25) is 0 Å². The number of nitrogen functional groups attached to an aromatic ring is 1. The van der Waals surface area contributed by atoms with Crippen LogP contribution in [0.4, 0.5) is 5.69 Å². The number of rotatable bonds is 3. The lowest BCUT2D eigenvalue weighted by atomic mass is 10.1. The molecule has 1 saturated heterocycles. The van der Waals surface area contributed by atoms with Gasteiger partial charge >= 0.3 is 0 Å². The number of halogens is 1. The molecule has 0 saturated carbocycles. The van der Waals surface area contributed by atoms with Gasteiger partial charge < -0.3 is 10.6 Å². The molecule has 2 rings (SSSR count). The summed E-state index contributed by atoms with van der Waals surface area (Å²) in [5.74, 6) is 0. The number of benzene rings is 1. The zero-order valence-corrected chi connectivity index (χ0v) is 13.2. The lowest BCUT2D eigenvalue weighted by Crippen LogP contribution is -2.43. The summed E-state index contributed by atoms with van der Waals surface area (Å²) in [5, 5.41) is 0. The molecule has 5 nitrogen and oxygen atoms in total. The number of nitrogens with two attached hydrogens (primary N) is 1. The maximum Gasteiger partial charge on any atom is 0.242 e. The van der Waals surface area contributed by atoms with Gasteiger partial charge in [0.1, 0.15) is 4.90 Å². The smallest absolute Gasteiger partial charge is 0.242 e. The topological polar surface area (TPSA) is 75.4 Å². The molecule has 0 aliphatic carbocycles. The molecule has 0 atom stereocenters. The van der Waals surface area contributed by atoms with Crippen molar-refractivity contribution >= 4 is 31.6 Å². The Balaban J connectivity index is 2.14. The summed E-state index contributed by atoms with van der Waals surface area (Å²) in [4.78, 5) is 2.34. The Morgan fingerprint density at radius 2 is 2.00 bits per heavy atom. The highest BCUT2D eigenvalue weighted by molar-refractivity contribution is 9.10. The van der Waals surface area contributed by atoms with Crippen molar-refractivity contribution in [3.05, 3.63) is 22.7 Å². The van der Waals surface area contributed by atoms with Crippen LogP contribution in [-0.4, -0.2) is 39.5 Å². The van der Waals surface area contributed by atoms with E-state index in [0.29, 0.717) is 0 Å². The van der Waals surface area contributed by atoms with E-state index in [1.807, 2.05) is 7.05 Å². The first kappa shape index (κ1) is 14.8. The molecule has 0 unspecified atom stereocenters. The third-order valence-electron chi connectivity index (χ3n) is 3.30. The third-order valence-corrected chi connectivity index (χ3v) is 5.39. The Morgan fingerprint density at radius 1 is 1.37 bits per heavy atom. The maximum atomic E-state index is 12.3. The van der Waals surface area contributed by atoms with Crippen molar-refractivity contribution in [1.29, 1.82) is 0 Å². The molecule has 106 valence electrons. The van der Waals surface area contributed by atoms with E-state index in [1.54, 1.807) is 12.1 Å². The molecular formula is C12H18BrN3O2S. The minimum absolute atomic E-state index is 0.00996. The Kier molecular flexibility index (Phi) is 4.50. The quantitative estimate of drug-likeness (QED) is 0.810. The molecule has 3 N–H and O–H groups in total. The van der Waals surface area contributed by atoms with Crippen LogP contribution in [0, 0.1) is 0 Å². The van der Waals surface area contributed by atoms with E-state index in [2.05, 4.69) is 25.6 Å². The van der Waals surface area contributed by atoms with E-state index in [-0.39, 0.29) is 16.6 Å². The lowest BCUT2D eigenvalue weighted by Gasteiger charge is -2.29. The molecule has 1 aromatic carbocycles. The summed E-state index contributed by atoms with van der Waals surface area (Å²) < 4.78 is 28.1. The highest BCUT2D eigenvalue weighted by Crippen LogP contribution is 2.23. The summed E-state index contributed by atoms with van der Waals surface area (Å²) in [6.45, 7) is 1.81. The van der Waals surface area contributed by atoms with Crippen LogP contribution in [0.1, 0.15) is 12.8 Å². The van der Waals surface area contributed by atoms with E-state index in [9.17, 15) is 8.42 Å². The molecule has 1 aliphatic rings. The largest absolute Gasteiger partial charge is 0.398 e. The van der Waals surface area contributed by atoms with Crippen LogP contribution in [0.25, 0.3) is 0 Å². The number of hydrogen-bond donors (Lipinski definition) is 2. The van der Waals surface area contributed by atoms with E-state index in [0.717, 1.165) is 30.4 Å². The molecule has 0 bridgehead atoms. The second-order valence-corrected chi connectivity index (χ2v) is 7.48. The number of anilines is 1. The Bertz CT molecular complexity index is 554. The number of nitrogens with one attached hydrogen (secondary N) is 1. The van der Waals surface area contributed by atoms with Gasteiger partial charge in [0.2, 0.25) is 10.0 Å². The molecule has 1 fully saturated rings. The van der Waals surface area contributed by atoms with Gasteiger partial charge in [-0.2, -0.15) is 0 Å². The normalized spacial score (nSPS) is 18.6. The first-order chi connectivity index (χ1) is 8.88. The van der Waals surface area contributed by atoms with Gasteiger partial charge in [0.25, 0.3) is 0 Å². The van der Waals surface area contributed by atoms with Crippen molar-refractivity contribution in [3.8, 4) is 0 Å². The Morgan fingerprint density at radius 3 is 2.58 bits per heavy atom. The van der Waals surface area contributed by atoms with E-state index < -0.39 is 10.0 Å². The maximum absolute atomic E-state index is 12.3. The molecule has 1 aromatic rings. The van der Waals surface area contributed by atoms with E-state index in [4.69, 9.17) is 5.73 Å². The molecule has 7 heteroatoms. The molecule has 0 spiro atoms. The van der Waals surface area contributed by atoms with E-state index >= 15 is 0 Å². The number of likely N-dealkylation sites (tertiary alicyclic amines) is 1. The van der Waals surface area contributed by atoms with Crippen LogP contribution < -0.4 is 10.5 Å². The summed E-state index contributed by atoms with van der Waals surface area (Å²) in [5.41, 5.74) is 6.04. The highest BCUT2D eigenvalue weighted by Gasteiger charge is 2.24. The molecule has 0 aromatic heterocycles. The van der Waals surface area contributed by atoms with Gasteiger partial charge in [-0.1, -0.05) is 15.9 Å². The fourth-order valence-electron chi connectivity index (χ4n) is 2.17. The average molecular weight is 348 g/mol. The van der Waals surface area contributed by atoms with Crippen LogP contribution >= 0.6 is 15.9 Å². The Labute approximate surface area is 122 Å². The summed E-state index contributed by atoms with van der Waals surface area (Å²) >= 11 is 3.27. The zero-order chi connectivity index (χ0) is 14.0. The highest BCUT2D eigenvalue weighted by atomic mass is 79.9. The van der Waals surface area contributed by atoms with Gasteiger partial charge in [-0.3, -0.25) is 0 Å². The van der Waals surface area contributed by atoms with Crippen LogP contribution in [-0.2, 0) is 10.0 Å². The number of nitrogens with zero attached hydrogens (tertiary/aromatic N) is 1. The fraction of sp³-hybridized carbons (Fsp3) is 0.500.